The molecule has 0 radical (unpaired) electrons. The van der Waals surface area contributed by atoms with Crippen LogP contribution < -0.4 is 11.0 Å². The number of hydrogen-bond donors (Lipinski definition) is 1. The van der Waals surface area contributed by atoms with E-state index in [1.54, 1.807) is 34.6 Å². The first-order chi connectivity index (χ1) is 16.7. The van der Waals surface area contributed by atoms with Gasteiger partial charge >= 0.3 is 5.91 Å². The average Bonchev–Trinajstić information content (AvgIpc) is 3.36. The number of aromatic nitrogens is 3. The van der Waals surface area contributed by atoms with Crippen LogP contribution >= 0.6 is 31.9 Å². The number of benzene rings is 2. The number of hydrazone groups is 1. The second kappa shape index (κ2) is 8.94. The van der Waals surface area contributed by atoms with Crippen LogP contribution in [0, 0.1) is 20.8 Å². The first-order valence-corrected chi connectivity index (χ1v) is 12.2. The fourth-order valence-electron chi connectivity index (χ4n) is 4.09. The molecule has 0 atom stereocenters. The molecule has 0 spiro atoms. The monoisotopic (exact) mass is 595 g/mol. The second-order valence-corrected chi connectivity index (χ2v) is 9.82. The molecule has 1 N–H and O–H groups in total. The summed E-state index contributed by atoms with van der Waals surface area (Å²) in [6.07, 6.45) is 1.54. The van der Waals surface area contributed by atoms with Crippen molar-refractivity contribution in [2.75, 3.05) is 0 Å². The lowest BCUT2D eigenvalue weighted by Crippen LogP contribution is -2.30. The van der Waals surface area contributed by atoms with Crippen LogP contribution in [0.25, 0.3) is 21.9 Å². The number of halogens is 2. The number of carbonyl (C=O) groups excluding carboxylic acids is 1. The fourth-order valence-corrected chi connectivity index (χ4v) is 5.43. The zero-order valence-corrected chi connectivity index (χ0v) is 22.1. The van der Waals surface area contributed by atoms with Gasteiger partial charge < -0.3 is 4.42 Å². The van der Waals surface area contributed by atoms with Gasteiger partial charge in [-0.1, -0.05) is 28.1 Å². The Balaban J connectivity index is 1.44. The van der Waals surface area contributed by atoms with Crippen LogP contribution in [0.4, 0.5) is 0 Å². The van der Waals surface area contributed by atoms with Gasteiger partial charge in [0.15, 0.2) is 5.76 Å². The fraction of sp³-hybridized carbons (Fsp3) is 0.120. The Labute approximate surface area is 216 Å². The van der Waals surface area contributed by atoms with Crippen LogP contribution in [0.15, 0.2) is 71.8 Å². The number of amides is 1. The van der Waals surface area contributed by atoms with E-state index >= 15 is 0 Å². The van der Waals surface area contributed by atoms with Gasteiger partial charge in [0.25, 0.3) is 5.56 Å². The number of fused-ring (bicyclic) bond motifs is 2. The Kier molecular flexibility index (Phi) is 5.94. The van der Waals surface area contributed by atoms with Crippen molar-refractivity contribution in [2.24, 2.45) is 5.10 Å². The number of carbonyl (C=O) groups is 1. The summed E-state index contributed by atoms with van der Waals surface area (Å²) in [5.41, 5.74) is 5.93. The van der Waals surface area contributed by atoms with Crippen molar-refractivity contribution in [3.05, 3.63) is 96.4 Å². The molecule has 3 aromatic heterocycles. The summed E-state index contributed by atoms with van der Waals surface area (Å²) in [7, 11) is 0. The van der Waals surface area contributed by atoms with Crippen LogP contribution in [0.1, 0.15) is 33.3 Å². The minimum atomic E-state index is -0.472. The van der Waals surface area contributed by atoms with Crippen LogP contribution in [0.5, 0.6) is 0 Å². The van der Waals surface area contributed by atoms with Crippen molar-refractivity contribution in [3.8, 4) is 0 Å². The molecular formula is C25H19Br2N5O3. The van der Waals surface area contributed by atoms with Gasteiger partial charge in [-0.2, -0.15) is 9.78 Å². The lowest BCUT2D eigenvalue weighted by atomic mass is 10.2. The van der Waals surface area contributed by atoms with Crippen LogP contribution in [0.3, 0.4) is 0 Å². The van der Waals surface area contributed by atoms with E-state index in [2.05, 4.69) is 47.4 Å². The third-order valence-electron chi connectivity index (χ3n) is 5.68. The second-order valence-electron chi connectivity index (χ2n) is 8.05. The van der Waals surface area contributed by atoms with E-state index in [9.17, 15) is 9.59 Å². The van der Waals surface area contributed by atoms with E-state index in [-0.39, 0.29) is 11.3 Å². The molecule has 0 aliphatic heterocycles. The molecule has 2 aromatic carbocycles. The molecule has 0 unspecified atom stereocenters. The maximum Gasteiger partial charge on any atom is 0.307 e. The molecule has 0 bridgehead atoms. The molecule has 0 aliphatic carbocycles. The number of rotatable bonds is 4. The van der Waals surface area contributed by atoms with Gasteiger partial charge in [-0.25, -0.2) is 10.4 Å². The van der Waals surface area contributed by atoms with Gasteiger partial charge in [-0.3, -0.25) is 14.3 Å². The number of furan rings is 1. The standard InChI is InChI=1S/C25H19Br2N5O3/c1-13-8-17(12-28-30-24(33)22-10-16-9-18(26)11-20(27)23(16)35-22)14(2)31(13)32-15(3)29-21-7-5-4-6-19(21)25(32)34/h4-12H,1-3H3,(H,30,33). The molecular weight excluding hydrogens is 578 g/mol. The van der Waals surface area contributed by atoms with Crippen molar-refractivity contribution in [1.29, 1.82) is 0 Å². The first-order valence-electron chi connectivity index (χ1n) is 10.6. The van der Waals surface area contributed by atoms with E-state index in [0.717, 1.165) is 31.3 Å². The van der Waals surface area contributed by atoms with E-state index < -0.39 is 5.91 Å². The van der Waals surface area contributed by atoms with Gasteiger partial charge in [0.05, 0.1) is 21.6 Å². The van der Waals surface area contributed by atoms with Crippen molar-refractivity contribution in [1.82, 2.24) is 19.8 Å². The minimum Gasteiger partial charge on any atom is -0.450 e. The first kappa shape index (κ1) is 23.3. The normalized spacial score (nSPS) is 11.7. The van der Waals surface area contributed by atoms with Gasteiger partial charge in [-0.15, -0.1) is 0 Å². The molecule has 176 valence electrons. The Morgan fingerprint density at radius 3 is 2.66 bits per heavy atom. The molecule has 0 saturated carbocycles. The number of hydrogen-bond acceptors (Lipinski definition) is 5. The maximum atomic E-state index is 13.2. The van der Waals surface area contributed by atoms with Crippen LogP contribution in [0.2, 0.25) is 0 Å². The zero-order chi connectivity index (χ0) is 24.9. The molecule has 0 saturated heterocycles. The predicted molar refractivity (Wildman–Crippen MR) is 142 cm³/mol. The Morgan fingerprint density at radius 2 is 1.86 bits per heavy atom. The van der Waals surface area contributed by atoms with Crippen molar-refractivity contribution in [2.45, 2.75) is 20.8 Å². The molecule has 5 rings (SSSR count). The van der Waals surface area contributed by atoms with Crippen molar-refractivity contribution < 1.29 is 9.21 Å². The lowest BCUT2D eigenvalue weighted by molar-refractivity contribution is 0.0929. The molecule has 5 aromatic rings. The largest absolute Gasteiger partial charge is 0.450 e. The summed E-state index contributed by atoms with van der Waals surface area (Å²) in [6, 6.07) is 14.5. The van der Waals surface area contributed by atoms with E-state index in [1.165, 1.54) is 0 Å². The lowest BCUT2D eigenvalue weighted by Gasteiger charge is -2.16. The smallest absolute Gasteiger partial charge is 0.307 e. The Hall–Kier alpha value is -3.50. The minimum absolute atomic E-state index is 0.144. The summed E-state index contributed by atoms with van der Waals surface area (Å²) in [5.74, 6) is 0.237. The summed E-state index contributed by atoms with van der Waals surface area (Å²) >= 11 is 6.86. The van der Waals surface area contributed by atoms with Crippen LogP contribution in [-0.4, -0.2) is 26.5 Å². The Morgan fingerprint density at radius 1 is 1.09 bits per heavy atom. The predicted octanol–water partition coefficient (Wildman–Crippen LogP) is 5.47. The van der Waals surface area contributed by atoms with E-state index in [4.69, 9.17) is 4.42 Å². The summed E-state index contributed by atoms with van der Waals surface area (Å²) in [5, 5.41) is 5.44. The molecule has 8 nitrogen and oxygen atoms in total. The molecule has 0 fully saturated rings. The highest BCUT2D eigenvalue weighted by Crippen LogP contribution is 2.31. The van der Waals surface area contributed by atoms with Gasteiger partial charge in [0.2, 0.25) is 0 Å². The highest BCUT2D eigenvalue weighted by molar-refractivity contribution is 9.11. The third-order valence-corrected chi connectivity index (χ3v) is 6.73. The van der Waals surface area contributed by atoms with Crippen molar-refractivity contribution in [3.63, 3.8) is 0 Å². The summed E-state index contributed by atoms with van der Waals surface area (Å²) in [6.45, 7) is 5.57. The van der Waals surface area contributed by atoms with E-state index in [0.29, 0.717) is 22.3 Å². The topological polar surface area (TPSA) is 94.4 Å². The van der Waals surface area contributed by atoms with Crippen LogP contribution in [-0.2, 0) is 0 Å². The number of nitrogens with one attached hydrogen (secondary N) is 1. The third kappa shape index (κ3) is 4.12. The molecule has 3 heterocycles. The van der Waals surface area contributed by atoms with Gasteiger partial charge in [0, 0.05) is 26.8 Å². The molecule has 35 heavy (non-hydrogen) atoms. The van der Waals surface area contributed by atoms with Gasteiger partial charge in [-0.05, 0) is 73.1 Å². The SMILES string of the molecule is Cc1cc(C=NNC(=O)c2cc3cc(Br)cc(Br)c3o2)c(C)n1-n1c(C)nc2ccccc2c1=O. The average molecular weight is 597 g/mol. The highest BCUT2D eigenvalue weighted by Gasteiger charge is 2.16. The Bertz CT molecular complexity index is 1730. The summed E-state index contributed by atoms with van der Waals surface area (Å²) < 4.78 is 10.6. The number of aryl methyl sites for hydroxylation is 2. The highest BCUT2D eigenvalue weighted by atomic mass is 79.9. The molecule has 10 heteroatoms. The quantitative estimate of drug-likeness (QED) is 0.220. The number of para-hydroxylation sites is 1. The zero-order valence-electron chi connectivity index (χ0n) is 19.0. The van der Waals surface area contributed by atoms with Gasteiger partial charge in [0.1, 0.15) is 11.4 Å². The maximum absolute atomic E-state index is 13.2. The van der Waals surface area contributed by atoms with E-state index in [1.807, 2.05) is 50.2 Å². The summed E-state index contributed by atoms with van der Waals surface area (Å²) in [4.78, 5) is 30.4. The molecule has 1 amide bonds. The van der Waals surface area contributed by atoms with Crippen molar-refractivity contribution >= 4 is 65.9 Å². The number of nitrogens with zero attached hydrogens (tertiary/aromatic N) is 4. The molecule has 0 aliphatic rings.